The second-order valence-corrected chi connectivity index (χ2v) is 2.34. The molecule has 0 aromatic rings. The predicted octanol–water partition coefficient (Wildman–Crippen LogP) is 0.186. The highest BCUT2D eigenvalue weighted by Crippen LogP contribution is 2.13. The lowest BCUT2D eigenvalue weighted by Gasteiger charge is -1.99. The molecule has 1 unspecified atom stereocenters. The number of rotatable bonds is 2. The molecule has 7 heteroatoms. The van der Waals surface area contributed by atoms with Gasteiger partial charge in [0.05, 0.1) is 0 Å². The molecule has 0 amide bonds. The van der Waals surface area contributed by atoms with Crippen molar-refractivity contribution in [3.05, 3.63) is 0 Å². The molecule has 0 aliphatic heterocycles. The minimum atomic E-state index is -5.08. The molecular formula is C6H13F3N2O2. The van der Waals surface area contributed by atoms with Gasteiger partial charge in [-0.05, 0) is 14.0 Å². The standard InChI is InChI=1S/C4H12N2.C2HF3O2/c1-4(5)3-6-2;3-2(4,5)1(6)7/h4,6H,3,5H2,1-2H3;(H,6,7). The van der Waals surface area contributed by atoms with Crippen LogP contribution in [0.1, 0.15) is 6.92 Å². The zero-order valence-electron chi connectivity index (χ0n) is 7.35. The number of nitrogens with two attached hydrogens (primary N) is 1. The zero-order valence-corrected chi connectivity index (χ0v) is 7.35. The van der Waals surface area contributed by atoms with E-state index >= 15 is 0 Å². The van der Waals surface area contributed by atoms with E-state index in [2.05, 4.69) is 5.32 Å². The molecule has 0 aromatic carbocycles. The summed E-state index contributed by atoms with van der Waals surface area (Å²) >= 11 is 0. The van der Waals surface area contributed by atoms with E-state index in [1.54, 1.807) is 0 Å². The van der Waals surface area contributed by atoms with Crippen LogP contribution in [-0.2, 0) is 4.79 Å². The molecular weight excluding hydrogens is 189 g/mol. The normalized spacial score (nSPS) is 12.8. The maximum atomic E-state index is 10.6. The highest BCUT2D eigenvalue weighted by Gasteiger charge is 2.38. The van der Waals surface area contributed by atoms with Gasteiger partial charge in [0.15, 0.2) is 0 Å². The van der Waals surface area contributed by atoms with Crippen molar-refractivity contribution in [3.8, 4) is 0 Å². The average Bonchev–Trinajstić information content (AvgIpc) is 1.85. The first kappa shape index (κ1) is 14.7. The quantitative estimate of drug-likeness (QED) is 0.597. The lowest BCUT2D eigenvalue weighted by molar-refractivity contribution is -0.192. The molecule has 4 nitrogen and oxygen atoms in total. The molecule has 0 aromatic heterocycles. The summed E-state index contributed by atoms with van der Waals surface area (Å²) in [6, 6.07) is 0.287. The van der Waals surface area contributed by atoms with Crippen molar-refractivity contribution in [2.75, 3.05) is 13.6 Å². The molecule has 0 bridgehead atoms. The fraction of sp³-hybridized carbons (Fsp3) is 0.833. The fourth-order valence-electron chi connectivity index (χ4n) is 0.322. The van der Waals surface area contributed by atoms with Gasteiger partial charge in [0, 0.05) is 12.6 Å². The first-order chi connectivity index (χ1) is 5.71. The second kappa shape index (κ2) is 6.67. The summed E-state index contributed by atoms with van der Waals surface area (Å²) in [7, 11) is 1.89. The fourth-order valence-corrected chi connectivity index (χ4v) is 0.322. The van der Waals surface area contributed by atoms with Gasteiger partial charge in [0.25, 0.3) is 0 Å². The van der Waals surface area contributed by atoms with E-state index in [1.165, 1.54) is 0 Å². The van der Waals surface area contributed by atoms with Crippen LogP contribution in [0.25, 0.3) is 0 Å². The van der Waals surface area contributed by atoms with E-state index in [0.717, 1.165) is 6.54 Å². The van der Waals surface area contributed by atoms with Crippen molar-refractivity contribution in [1.82, 2.24) is 5.32 Å². The monoisotopic (exact) mass is 202 g/mol. The zero-order chi connectivity index (χ0) is 11.1. The number of carboxylic acids is 1. The largest absolute Gasteiger partial charge is 0.490 e. The number of carboxylic acid groups (broad SMARTS) is 1. The number of halogens is 3. The molecule has 13 heavy (non-hydrogen) atoms. The summed E-state index contributed by atoms with van der Waals surface area (Å²) in [6.45, 7) is 2.87. The van der Waals surface area contributed by atoms with Gasteiger partial charge in [-0.3, -0.25) is 0 Å². The van der Waals surface area contributed by atoms with Crippen molar-refractivity contribution >= 4 is 5.97 Å². The Hall–Kier alpha value is -0.820. The topological polar surface area (TPSA) is 75.3 Å². The smallest absolute Gasteiger partial charge is 0.475 e. The summed E-state index contributed by atoms with van der Waals surface area (Å²) < 4.78 is 31.7. The first-order valence-electron chi connectivity index (χ1n) is 3.42. The van der Waals surface area contributed by atoms with Crippen LogP contribution in [0.15, 0.2) is 0 Å². The van der Waals surface area contributed by atoms with E-state index in [0.29, 0.717) is 0 Å². The van der Waals surface area contributed by atoms with Crippen LogP contribution in [-0.4, -0.2) is 36.9 Å². The van der Waals surface area contributed by atoms with Crippen LogP contribution >= 0.6 is 0 Å². The van der Waals surface area contributed by atoms with Crippen molar-refractivity contribution in [1.29, 1.82) is 0 Å². The Kier molecular flexibility index (Phi) is 7.54. The Morgan fingerprint density at radius 3 is 1.92 bits per heavy atom. The van der Waals surface area contributed by atoms with Crippen LogP contribution in [0.4, 0.5) is 13.2 Å². The van der Waals surface area contributed by atoms with E-state index < -0.39 is 12.1 Å². The molecule has 4 N–H and O–H groups in total. The molecule has 0 saturated heterocycles. The van der Waals surface area contributed by atoms with Crippen molar-refractivity contribution in [2.45, 2.75) is 19.1 Å². The molecule has 0 radical (unpaired) electrons. The molecule has 0 aliphatic carbocycles. The minimum absolute atomic E-state index is 0.287. The Morgan fingerprint density at radius 1 is 1.62 bits per heavy atom. The molecule has 80 valence electrons. The summed E-state index contributed by atoms with van der Waals surface area (Å²) in [5.41, 5.74) is 5.34. The van der Waals surface area contributed by atoms with Crippen LogP contribution in [0.2, 0.25) is 0 Å². The van der Waals surface area contributed by atoms with Crippen LogP contribution < -0.4 is 11.1 Å². The summed E-state index contributed by atoms with van der Waals surface area (Å²) in [5, 5.41) is 10.1. The van der Waals surface area contributed by atoms with Crippen LogP contribution in [0.5, 0.6) is 0 Å². The second-order valence-electron chi connectivity index (χ2n) is 2.34. The van der Waals surface area contributed by atoms with Crippen molar-refractivity contribution in [2.24, 2.45) is 5.73 Å². The lowest BCUT2D eigenvalue weighted by Crippen LogP contribution is -2.28. The Labute approximate surface area is 73.9 Å². The van der Waals surface area contributed by atoms with Crippen LogP contribution in [0.3, 0.4) is 0 Å². The predicted molar refractivity (Wildman–Crippen MR) is 41.3 cm³/mol. The Morgan fingerprint density at radius 2 is 1.92 bits per heavy atom. The van der Waals surface area contributed by atoms with E-state index in [1.807, 2.05) is 14.0 Å². The van der Waals surface area contributed by atoms with Crippen molar-refractivity contribution < 1.29 is 23.1 Å². The Balaban J connectivity index is 0. The highest BCUT2D eigenvalue weighted by molar-refractivity contribution is 5.73. The summed E-state index contributed by atoms with van der Waals surface area (Å²) in [6.07, 6.45) is -5.08. The molecule has 0 heterocycles. The van der Waals surface area contributed by atoms with Gasteiger partial charge in [0.2, 0.25) is 0 Å². The maximum Gasteiger partial charge on any atom is 0.490 e. The molecule has 0 saturated carbocycles. The van der Waals surface area contributed by atoms with E-state index in [4.69, 9.17) is 15.6 Å². The number of alkyl halides is 3. The molecule has 0 rings (SSSR count). The number of hydrogen-bond donors (Lipinski definition) is 3. The first-order valence-corrected chi connectivity index (χ1v) is 3.42. The van der Waals surface area contributed by atoms with Gasteiger partial charge in [-0.2, -0.15) is 13.2 Å². The lowest BCUT2D eigenvalue weighted by atomic mass is 10.4. The number of nitrogens with one attached hydrogen (secondary N) is 1. The number of carbonyl (C=O) groups is 1. The Bertz CT molecular complexity index is 147. The molecule has 0 aliphatic rings. The number of likely N-dealkylation sites (N-methyl/N-ethyl adjacent to an activating group) is 1. The SMILES string of the molecule is CNCC(C)N.O=C(O)C(F)(F)F. The van der Waals surface area contributed by atoms with E-state index in [-0.39, 0.29) is 6.04 Å². The van der Waals surface area contributed by atoms with Gasteiger partial charge < -0.3 is 16.2 Å². The average molecular weight is 202 g/mol. The molecule has 0 fully saturated rings. The van der Waals surface area contributed by atoms with Gasteiger partial charge in [0.1, 0.15) is 0 Å². The minimum Gasteiger partial charge on any atom is -0.475 e. The molecule has 1 atom stereocenters. The van der Waals surface area contributed by atoms with Crippen LogP contribution in [0, 0.1) is 0 Å². The van der Waals surface area contributed by atoms with Crippen molar-refractivity contribution in [3.63, 3.8) is 0 Å². The summed E-state index contributed by atoms with van der Waals surface area (Å²) in [4.78, 5) is 8.90. The van der Waals surface area contributed by atoms with Gasteiger partial charge in [-0.1, -0.05) is 0 Å². The maximum absolute atomic E-state index is 10.6. The molecule has 0 spiro atoms. The highest BCUT2D eigenvalue weighted by atomic mass is 19.4. The van der Waals surface area contributed by atoms with Gasteiger partial charge >= 0.3 is 12.1 Å². The van der Waals surface area contributed by atoms with Gasteiger partial charge in [-0.25, -0.2) is 4.79 Å². The third-order valence-corrected chi connectivity index (χ3v) is 0.769. The third kappa shape index (κ3) is 14.1. The van der Waals surface area contributed by atoms with Gasteiger partial charge in [-0.15, -0.1) is 0 Å². The third-order valence-electron chi connectivity index (χ3n) is 0.769. The number of hydrogen-bond acceptors (Lipinski definition) is 3. The summed E-state index contributed by atoms with van der Waals surface area (Å²) in [5.74, 6) is -2.76. The number of aliphatic carboxylic acids is 1. The van der Waals surface area contributed by atoms with E-state index in [9.17, 15) is 13.2 Å².